The molecular weight excluding hydrogens is 385 g/mol. The maximum Gasteiger partial charge on any atom is 0.407 e. The van der Waals surface area contributed by atoms with Gasteiger partial charge in [-0.1, -0.05) is 46.3 Å². The molecule has 1 aliphatic heterocycles. The molecule has 0 spiro atoms. The Morgan fingerprint density at radius 2 is 1.79 bits per heavy atom. The standard InChI is InChI=1S/C17H12BrF3N2O/c18-12-6-7-13-14(8-12)23(9-11-4-2-1-3-5-11)16(24)15(13)22-10-17(19,20)21/h1-8H,9-10H2. The highest BCUT2D eigenvalue weighted by Gasteiger charge is 2.35. The second-order valence-electron chi connectivity index (χ2n) is 5.32. The summed E-state index contributed by atoms with van der Waals surface area (Å²) in [5, 5.41) is 0. The Morgan fingerprint density at radius 1 is 1.08 bits per heavy atom. The number of fused-ring (bicyclic) bond motifs is 1. The van der Waals surface area contributed by atoms with Crippen LogP contribution in [0.2, 0.25) is 0 Å². The monoisotopic (exact) mass is 396 g/mol. The fourth-order valence-electron chi connectivity index (χ4n) is 2.53. The van der Waals surface area contributed by atoms with Gasteiger partial charge in [0.15, 0.2) is 0 Å². The smallest absolute Gasteiger partial charge is 0.302 e. The van der Waals surface area contributed by atoms with E-state index in [0.29, 0.717) is 11.3 Å². The van der Waals surface area contributed by atoms with E-state index in [4.69, 9.17) is 0 Å². The van der Waals surface area contributed by atoms with Gasteiger partial charge >= 0.3 is 6.18 Å². The third-order valence-corrected chi connectivity index (χ3v) is 4.05. The van der Waals surface area contributed by atoms with Gasteiger partial charge in [0.25, 0.3) is 5.91 Å². The molecule has 1 heterocycles. The molecule has 3 nitrogen and oxygen atoms in total. The van der Waals surface area contributed by atoms with Gasteiger partial charge < -0.3 is 4.90 Å². The molecule has 0 aliphatic carbocycles. The minimum absolute atomic E-state index is 0.147. The Morgan fingerprint density at radius 3 is 2.46 bits per heavy atom. The van der Waals surface area contributed by atoms with Crippen LogP contribution in [0, 0.1) is 0 Å². The molecular formula is C17H12BrF3N2O. The molecule has 24 heavy (non-hydrogen) atoms. The van der Waals surface area contributed by atoms with Crippen molar-refractivity contribution in [2.75, 3.05) is 11.4 Å². The van der Waals surface area contributed by atoms with E-state index in [-0.39, 0.29) is 12.3 Å². The van der Waals surface area contributed by atoms with E-state index < -0.39 is 18.6 Å². The first kappa shape index (κ1) is 16.7. The van der Waals surface area contributed by atoms with Crippen molar-refractivity contribution in [1.82, 2.24) is 0 Å². The molecule has 0 saturated carbocycles. The third kappa shape index (κ3) is 3.51. The van der Waals surface area contributed by atoms with Crippen LogP contribution >= 0.6 is 15.9 Å². The maximum atomic E-state index is 12.6. The summed E-state index contributed by atoms with van der Waals surface area (Å²) < 4.78 is 38.2. The van der Waals surface area contributed by atoms with E-state index in [1.807, 2.05) is 30.3 Å². The summed E-state index contributed by atoms with van der Waals surface area (Å²) in [5.74, 6) is -0.517. The number of halogens is 4. The van der Waals surface area contributed by atoms with Crippen LogP contribution in [0.5, 0.6) is 0 Å². The summed E-state index contributed by atoms with van der Waals surface area (Å²) >= 11 is 3.33. The topological polar surface area (TPSA) is 32.7 Å². The van der Waals surface area contributed by atoms with Gasteiger partial charge in [0, 0.05) is 10.0 Å². The molecule has 124 valence electrons. The zero-order chi connectivity index (χ0) is 17.3. The summed E-state index contributed by atoms with van der Waals surface area (Å²) in [6.07, 6.45) is -4.45. The number of anilines is 1. The Hall–Kier alpha value is -2.15. The number of alkyl halides is 3. The summed E-state index contributed by atoms with van der Waals surface area (Å²) in [6, 6.07) is 14.3. The highest BCUT2D eigenvalue weighted by molar-refractivity contribution is 9.10. The van der Waals surface area contributed by atoms with Crippen LogP contribution in [0.25, 0.3) is 0 Å². The van der Waals surface area contributed by atoms with Crippen molar-refractivity contribution in [3.05, 3.63) is 64.1 Å². The van der Waals surface area contributed by atoms with Gasteiger partial charge in [0.1, 0.15) is 12.3 Å². The first-order valence-electron chi connectivity index (χ1n) is 7.12. The Kier molecular flexibility index (Phi) is 4.45. The molecule has 7 heteroatoms. The Labute approximate surface area is 144 Å². The van der Waals surface area contributed by atoms with Crippen molar-refractivity contribution in [1.29, 1.82) is 0 Å². The molecule has 0 radical (unpaired) electrons. The largest absolute Gasteiger partial charge is 0.407 e. The molecule has 0 atom stereocenters. The molecule has 0 aromatic heterocycles. The molecule has 2 aromatic rings. The van der Waals surface area contributed by atoms with Gasteiger partial charge in [-0.25, -0.2) is 0 Å². The number of amides is 1. The second kappa shape index (κ2) is 6.39. The minimum atomic E-state index is -4.45. The zero-order valence-electron chi connectivity index (χ0n) is 12.3. The van der Waals surface area contributed by atoms with Crippen LogP contribution in [-0.4, -0.2) is 24.3 Å². The van der Waals surface area contributed by atoms with Gasteiger partial charge in [-0.05, 0) is 23.8 Å². The van der Waals surface area contributed by atoms with Gasteiger partial charge in [-0.2, -0.15) is 13.2 Å². The third-order valence-electron chi connectivity index (χ3n) is 3.55. The predicted molar refractivity (Wildman–Crippen MR) is 89.2 cm³/mol. The molecule has 1 amide bonds. The number of nitrogens with zero attached hydrogens (tertiary/aromatic N) is 2. The summed E-state index contributed by atoms with van der Waals surface area (Å²) in [4.78, 5) is 17.6. The number of hydrogen-bond donors (Lipinski definition) is 0. The van der Waals surface area contributed by atoms with Crippen molar-refractivity contribution in [2.24, 2.45) is 4.99 Å². The van der Waals surface area contributed by atoms with E-state index in [9.17, 15) is 18.0 Å². The number of carbonyl (C=O) groups excluding carboxylic acids is 1. The lowest BCUT2D eigenvalue weighted by Gasteiger charge is -2.17. The summed E-state index contributed by atoms with van der Waals surface area (Å²) in [7, 11) is 0. The molecule has 0 bridgehead atoms. The molecule has 0 N–H and O–H groups in total. The van der Waals surface area contributed by atoms with Crippen molar-refractivity contribution in [3.63, 3.8) is 0 Å². The number of rotatable bonds is 3. The highest BCUT2D eigenvalue weighted by atomic mass is 79.9. The fraction of sp³-hybridized carbons (Fsp3) is 0.176. The van der Waals surface area contributed by atoms with Gasteiger partial charge in [-0.3, -0.25) is 9.79 Å². The fourth-order valence-corrected chi connectivity index (χ4v) is 2.87. The van der Waals surface area contributed by atoms with Crippen LogP contribution in [-0.2, 0) is 11.3 Å². The zero-order valence-corrected chi connectivity index (χ0v) is 13.9. The van der Waals surface area contributed by atoms with Gasteiger partial charge in [0.05, 0.1) is 12.2 Å². The lowest BCUT2D eigenvalue weighted by molar-refractivity contribution is -0.118. The van der Waals surface area contributed by atoms with Gasteiger partial charge in [0.2, 0.25) is 0 Å². The molecule has 3 rings (SSSR count). The first-order chi connectivity index (χ1) is 11.3. The van der Waals surface area contributed by atoms with Crippen molar-refractivity contribution < 1.29 is 18.0 Å². The van der Waals surface area contributed by atoms with Gasteiger partial charge in [-0.15, -0.1) is 0 Å². The van der Waals surface area contributed by atoms with E-state index >= 15 is 0 Å². The molecule has 0 fully saturated rings. The number of aliphatic imine (C=N–C) groups is 1. The van der Waals surface area contributed by atoms with Crippen molar-refractivity contribution in [2.45, 2.75) is 12.7 Å². The molecule has 0 saturated heterocycles. The van der Waals surface area contributed by atoms with Crippen LogP contribution in [0.3, 0.4) is 0 Å². The van der Waals surface area contributed by atoms with Crippen LogP contribution in [0.4, 0.5) is 18.9 Å². The quantitative estimate of drug-likeness (QED) is 0.758. The number of carbonyl (C=O) groups is 1. The van der Waals surface area contributed by atoms with Crippen molar-refractivity contribution >= 4 is 33.2 Å². The molecule has 1 aliphatic rings. The Balaban J connectivity index is 2.00. The van der Waals surface area contributed by atoms with E-state index in [0.717, 1.165) is 10.0 Å². The summed E-state index contributed by atoms with van der Waals surface area (Å²) in [5.41, 5.74) is 1.71. The number of hydrogen-bond acceptors (Lipinski definition) is 2. The van der Waals surface area contributed by atoms with Crippen LogP contribution < -0.4 is 4.90 Å². The lowest BCUT2D eigenvalue weighted by Crippen LogP contribution is -2.30. The van der Waals surface area contributed by atoms with Crippen LogP contribution in [0.15, 0.2) is 58.0 Å². The SMILES string of the molecule is O=C1C(=NCC(F)(F)F)c2ccc(Br)cc2N1Cc1ccccc1. The highest BCUT2D eigenvalue weighted by Crippen LogP contribution is 2.33. The molecule has 0 unspecified atom stereocenters. The van der Waals surface area contributed by atoms with E-state index in [1.54, 1.807) is 18.2 Å². The average molecular weight is 397 g/mol. The second-order valence-corrected chi connectivity index (χ2v) is 6.23. The molecule has 2 aromatic carbocycles. The normalized spacial score (nSPS) is 15.9. The predicted octanol–water partition coefficient (Wildman–Crippen LogP) is 4.35. The minimum Gasteiger partial charge on any atom is -0.302 e. The van der Waals surface area contributed by atoms with Crippen LogP contribution in [0.1, 0.15) is 11.1 Å². The summed E-state index contributed by atoms with van der Waals surface area (Å²) in [6.45, 7) is -1.10. The lowest BCUT2D eigenvalue weighted by atomic mass is 10.1. The number of benzene rings is 2. The van der Waals surface area contributed by atoms with Crippen molar-refractivity contribution in [3.8, 4) is 0 Å². The van der Waals surface area contributed by atoms with E-state index in [1.165, 1.54) is 4.90 Å². The maximum absolute atomic E-state index is 12.6. The average Bonchev–Trinajstić information content (AvgIpc) is 2.77. The van der Waals surface area contributed by atoms with E-state index in [2.05, 4.69) is 20.9 Å². The Bertz CT molecular complexity index is 803. The first-order valence-corrected chi connectivity index (χ1v) is 7.91.